The highest BCUT2D eigenvalue weighted by atomic mass is 16.6. The molecule has 0 N–H and O–H groups in total. The molecule has 0 fully saturated rings. The van der Waals surface area contributed by atoms with E-state index < -0.39 is 6.09 Å². The number of aliphatic imine (C=N–C) groups is 2. The Hall–Kier alpha value is -3.53. The van der Waals surface area contributed by atoms with Crippen LogP contribution in [0.4, 0.5) is 27.5 Å². The van der Waals surface area contributed by atoms with Gasteiger partial charge in [-0.05, 0) is 55.5 Å². The first-order chi connectivity index (χ1) is 11.7. The van der Waals surface area contributed by atoms with Gasteiger partial charge in [0.1, 0.15) is 0 Å². The molecule has 2 aromatic rings. The van der Waals surface area contributed by atoms with Gasteiger partial charge in [-0.15, -0.1) is 0 Å². The van der Waals surface area contributed by atoms with Crippen LogP contribution in [0.2, 0.25) is 0 Å². The molecule has 0 radical (unpaired) electrons. The maximum Gasteiger partial charge on any atom is 0.418 e. The number of rotatable bonds is 5. The Morgan fingerprint density at radius 2 is 1.33 bits per heavy atom. The van der Waals surface area contributed by atoms with Crippen LogP contribution in [-0.2, 0) is 14.3 Å². The van der Waals surface area contributed by atoms with Gasteiger partial charge >= 0.3 is 6.09 Å². The summed E-state index contributed by atoms with van der Waals surface area (Å²) in [6, 6.07) is 12.8. The minimum atomic E-state index is -0.559. The van der Waals surface area contributed by atoms with Crippen molar-refractivity contribution in [1.29, 1.82) is 0 Å². The van der Waals surface area contributed by atoms with Gasteiger partial charge in [-0.3, -0.25) is 0 Å². The fourth-order valence-corrected chi connectivity index (χ4v) is 2.01. The van der Waals surface area contributed by atoms with Crippen LogP contribution < -0.4 is 4.90 Å². The fraction of sp³-hybridized carbons (Fsp3) is 0.118. The molecule has 120 valence electrons. The van der Waals surface area contributed by atoms with E-state index >= 15 is 0 Å². The second-order valence-corrected chi connectivity index (χ2v) is 4.47. The minimum Gasteiger partial charge on any atom is -0.449 e. The van der Waals surface area contributed by atoms with E-state index in [1.807, 2.05) is 0 Å². The number of hydrogen-bond acceptors (Lipinski definition) is 6. The lowest BCUT2D eigenvalue weighted by Crippen LogP contribution is -2.26. The van der Waals surface area contributed by atoms with Gasteiger partial charge in [0.15, 0.2) is 0 Å². The van der Waals surface area contributed by atoms with Gasteiger partial charge in [-0.25, -0.2) is 19.3 Å². The third-order valence-corrected chi connectivity index (χ3v) is 3.02. The number of benzene rings is 2. The van der Waals surface area contributed by atoms with Crippen molar-refractivity contribution in [2.75, 3.05) is 11.5 Å². The van der Waals surface area contributed by atoms with Crippen LogP contribution in [-0.4, -0.2) is 24.9 Å². The third kappa shape index (κ3) is 4.01. The van der Waals surface area contributed by atoms with Crippen molar-refractivity contribution < 1.29 is 19.1 Å². The largest absolute Gasteiger partial charge is 0.449 e. The lowest BCUT2D eigenvalue weighted by atomic mass is 10.2. The molecular weight excluding hydrogens is 310 g/mol. The van der Waals surface area contributed by atoms with E-state index in [-0.39, 0.29) is 6.61 Å². The Morgan fingerprint density at radius 3 is 1.67 bits per heavy atom. The quantitative estimate of drug-likeness (QED) is 0.616. The summed E-state index contributed by atoms with van der Waals surface area (Å²) in [6.07, 6.45) is 2.35. The smallest absolute Gasteiger partial charge is 0.418 e. The summed E-state index contributed by atoms with van der Waals surface area (Å²) in [5.74, 6) is 0. The molecular formula is C17H13N3O4. The Morgan fingerprint density at radius 1 is 0.917 bits per heavy atom. The molecule has 2 rings (SSSR count). The Bertz CT molecular complexity index is 741. The molecule has 7 heteroatoms. The summed E-state index contributed by atoms with van der Waals surface area (Å²) in [5.41, 5.74) is 1.91. The van der Waals surface area contributed by atoms with Crippen molar-refractivity contribution in [1.82, 2.24) is 0 Å². The number of carbonyl (C=O) groups is 1. The maximum atomic E-state index is 12.3. The molecule has 7 nitrogen and oxygen atoms in total. The molecule has 24 heavy (non-hydrogen) atoms. The lowest BCUT2D eigenvalue weighted by molar-refractivity contribution is 0.162. The highest BCUT2D eigenvalue weighted by Gasteiger charge is 2.19. The van der Waals surface area contributed by atoms with Gasteiger partial charge in [0, 0.05) is 0 Å². The van der Waals surface area contributed by atoms with Crippen LogP contribution in [0, 0.1) is 0 Å². The Kier molecular flexibility index (Phi) is 5.75. The second kappa shape index (κ2) is 8.19. The number of ether oxygens (including phenoxy) is 1. The predicted octanol–water partition coefficient (Wildman–Crippen LogP) is 3.92. The van der Waals surface area contributed by atoms with E-state index in [9.17, 15) is 14.4 Å². The van der Waals surface area contributed by atoms with E-state index in [1.165, 1.54) is 17.1 Å². The number of amides is 1. The molecule has 0 unspecified atom stereocenters. The number of anilines is 2. The summed E-state index contributed by atoms with van der Waals surface area (Å²) < 4.78 is 5.08. The number of hydrogen-bond donors (Lipinski definition) is 0. The minimum absolute atomic E-state index is 0.219. The van der Waals surface area contributed by atoms with Crippen LogP contribution in [0.3, 0.4) is 0 Å². The van der Waals surface area contributed by atoms with Gasteiger partial charge in [0.25, 0.3) is 0 Å². The molecule has 0 bridgehead atoms. The number of carbonyl (C=O) groups excluding carboxylic acids is 3. The highest BCUT2D eigenvalue weighted by molar-refractivity contribution is 5.96. The second-order valence-electron chi connectivity index (χ2n) is 4.47. The zero-order chi connectivity index (χ0) is 17.4. The Labute approximate surface area is 137 Å². The van der Waals surface area contributed by atoms with E-state index in [0.717, 1.165) is 0 Å². The molecule has 0 aliphatic carbocycles. The normalized spacial score (nSPS) is 9.38. The van der Waals surface area contributed by atoms with Crippen LogP contribution in [0.1, 0.15) is 6.92 Å². The highest BCUT2D eigenvalue weighted by Crippen LogP contribution is 2.29. The zero-order valence-electron chi connectivity index (χ0n) is 12.8. The van der Waals surface area contributed by atoms with Crippen LogP contribution in [0.25, 0.3) is 0 Å². The van der Waals surface area contributed by atoms with Crippen molar-refractivity contribution in [3.8, 4) is 0 Å². The first-order valence-electron chi connectivity index (χ1n) is 7.02. The van der Waals surface area contributed by atoms with Gasteiger partial charge in [-0.1, -0.05) is 0 Å². The van der Waals surface area contributed by atoms with E-state index in [4.69, 9.17) is 4.74 Å². The fourth-order valence-electron chi connectivity index (χ4n) is 2.01. The molecule has 0 aliphatic heterocycles. The van der Waals surface area contributed by atoms with E-state index in [0.29, 0.717) is 22.7 Å². The first kappa shape index (κ1) is 16.8. The van der Waals surface area contributed by atoms with Crippen LogP contribution in [0.5, 0.6) is 0 Å². The van der Waals surface area contributed by atoms with Gasteiger partial charge in [-0.2, -0.15) is 9.98 Å². The molecule has 0 heterocycles. The number of nitrogens with zero attached hydrogens (tertiary/aromatic N) is 3. The predicted molar refractivity (Wildman–Crippen MR) is 87.6 cm³/mol. The van der Waals surface area contributed by atoms with Gasteiger partial charge < -0.3 is 4.74 Å². The summed E-state index contributed by atoms with van der Waals surface area (Å²) >= 11 is 0. The molecule has 0 aromatic heterocycles. The van der Waals surface area contributed by atoms with Crippen molar-refractivity contribution in [2.45, 2.75) is 6.92 Å². The van der Waals surface area contributed by atoms with Crippen molar-refractivity contribution in [3.63, 3.8) is 0 Å². The average Bonchev–Trinajstić information content (AvgIpc) is 2.59. The summed E-state index contributed by atoms with van der Waals surface area (Å²) in [6.45, 7) is 1.93. The summed E-state index contributed by atoms with van der Waals surface area (Å²) in [5, 5.41) is 0. The monoisotopic (exact) mass is 323 g/mol. The Balaban J connectivity index is 2.42. The summed E-state index contributed by atoms with van der Waals surface area (Å²) in [4.78, 5) is 41.2. The summed E-state index contributed by atoms with van der Waals surface area (Å²) in [7, 11) is 0. The van der Waals surface area contributed by atoms with Gasteiger partial charge in [0.05, 0.1) is 29.4 Å². The van der Waals surface area contributed by atoms with Crippen molar-refractivity contribution >= 4 is 41.0 Å². The van der Waals surface area contributed by atoms with Crippen LogP contribution in [0.15, 0.2) is 58.5 Å². The molecule has 1 amide bonds. The van der Waals surface area contributed by atoms with Crippen molar-refractivity contribution in [2.24, 2.45) is 9.98 Å². The first-order valence-corrected chi connectivity index (χ1v) is 7.02. The SMILES string of the molecule is CCOC(=O)N(c1ccc(N=C=O)cc1)c1ccc(N=C=O)cc1. The lowest BCUT2D eigenvalue weighted by Gasteiger charge is -2.22. The molecule has 0 atom stereocenters. The molecule has 2 aromatic carbocycles. The topological polar surface area (TPSA) is 88.4 Å². The molecule has 0 spiro atoms. The number of isocyanates is 2. The zero-order valence-corrected chi connectivity index (χ0v) is 12.8. The standard InChI is InChI=1S/C17H13N3O4/c1-2-24-17(23)20(15-7-3-13(4-8-15)18-11-21)16-9-5-14(6-10-16)19-12-22/h3-10H,2H2,1H3. The van der Waals surface area contributed by atoms with E-state index in [1.54, 1.807) is 55.5 Å². The van der Waals surface area contributed by atoms with E-state index in [2.05, 4.69) is 9.98 Å². The van der Waals surface area contributed by atoms with Crippen LogP contribution >= 0.6 is 0 Å². The maximum absolute atomic E-state index is 12.3. The van der Waals surface area contributed by atoms with Crippen molar-refractivity contribution in [3.05, 3.63) is 48.5 Å². The third-order valence-electron chi connectivity index (χ3n) is 3.02. The molecule has 0 saturated heterocycles. The molecule has 0 aliphatic rings. The average molecular weight is 323 g/mol. The van der Waals surface area contributed by atoms with Gasteiger partial charge in [0.2, 0.25) is 12.2 Å². The molecule has 0 saturated carbocycles.